The Hall–Kier alpha value is -3.91. The van der Waals surface area contributed by atoms with Gasteiger partial charge in [-0.05, 0) is 62.6 Å². The quantitative estimate of drug-likeness (QED) is 0.406. The van der Waals surface area contributed by atoms with E-state index in [1.54, 1.807) is 0 Å². The Labute approximate surface area is 216 Å². The highest BCUT2D eigenvalue weighted by atomic mass is 16.1. The van der Waals surface area contributed by atoms with Crippen molar-refractivity contribution in [2.24, 2.45) is 0 Å². The van der Waals surface area contributed by atoms with E-state index in [4.69, 9.17) is 15.8 Å². The monoisotopic (exact) mass is 495 g/mol. The van der Waals surface area contributed by atoms with E-state index in [2.05, 4.69) is 50.7 Å². The summed E-state index contributed by atoms with van der Waals surface area (Å²) in [4.78, 5) is 25.8. The molecule has 0 spiro atoms. The van der Waals surface area contributed by atoms with E-state index in [0.717, 1.165) is 60.8 Å². The molecule has 37 heavy (non-hydrogen) atoms. The summed E-state index contributed by atoms with van der Waals surface area (Å²) in [5.74, 6) is 1.80. The molecule has 1 saturated heterocycles. The van der Waals surface area contributed by atoms with Crippen molar-refractivity contribution in [2.45, 2.75) is 45.7 Å². The van der Waals surface area contributed by atoms with E-state index in [0.29, 0.717) is 18.1 Å². The molecule has 0 atom stereocenters. The number of rotatable bonds is 5. The first-order valence-electron chi connectivity index (χ1n) is 13.2. The van der Waals surface area contributed by atoms with Crippen molar-refractivity contribution in [3.05, 3.63) is 87.5 Å². The number of hydrogen-bond donors (Lipinski definition) is 2. The van der Waals surface area contributed by atoms with Crippen LogP contribution in [-0.2, 0) is 19.5 Å². The summed E-state index contributed by atoms with van der Waals surface area (Å²) in [6.45, 7) is 6.38. The highest BCUT2D eigenvalue weighted by Crippen LogP contribution is 2.32. The van der Waals surface area contributed by atoms with Crippen LogP contribution in [0.4, 0.5) is 11.5 Å². The van der Waals surface area contributed by atoms with Crippen LogP contribution in [0.15, 0.2) is 59.4 Å². The Morgan fingerprint density at radius 2 is 1.73 bits per heavy atom. The molecule has 0 radical (unpaired) electrons. The number of fused-ring (bicyclic) bond motifs is 1. The molecule has 4 aromatic rings. The molecular weight excluding hydrogens is 462 g/mol. The molecule has 0 bridgehead atoms. The number of aryl methyl sites for hydroxylation is 1. The number of nitrogen functional groups attached to an aromatic ring is 1. The molecule has 4 heterocycles. The van der Waals surface area contributed by atoms with Crippen molar-refractivity contribution < 1.29 is 0 Å². The van der Waals surface area contributed by atoms with E-state index in [-0.39, 0.29) is 5.56 Å². The van der Waals surface area contributed by atoms with Crippen LogP contribution in [0.25, 0.3) is 17.1 Å². The zero-order valence-electron chi connectivity index (χ0n) is 21.3. The third-order valence-electron chi connectivity index (χ3n) is 7.53. The topological polar surface area (TPSA) is 96.1 Å². The number of piperidine rings is 1. The number of hydrogen-bond acceptors (Lipinski definition) is 6. The van der Waals surface area contributed by atoms with Gasteiger partial charge in [-0.25, -0.2) is 9.67 Å². The summed E-state index contributed by atoms with van der Waals surface area (Å²) in [7, 11) is 0. The third kappa shape index (κ3) is 4.64. The van der Waals surface area contributed by atoms with Crippen molar-refractivity contribution in [1.29, 1.82) is 0 Å². The molecule has 2 aliphatic rings. The van der Waals surface area contributed by atoms with E-state index >= 15 is 0 Å². The summed E-state index contributed by atoms with van der Waals surface area (Å²) in [6.07, 6.45) is 4.42. The fourth-order valence-electron chi connectivity index (χ4n) is 5.53. The van der Waals surface area contributed by atoms with Gasteiger partial charge in [0.2, 0.25) is 0 Å². The fraction of sp³-hybridized carbons (Fsp3) is 0.345. The standard InChI is InChI=1S/C29H33N7O/c1-20-24(29(35-15-6-3-7-16-35)36(33-20)23-8-4-2-5-9-23)18-34-17-14-26-25(19-34)28(37)32-27(31-26)21-10-12-22(30)13-11-21/h2,4-5,8-13H,3,6-7,14-19,30H2,1H3,(H,31,32,37). The number of nitrogens with two attached hydrogens (primary N) is 1. The second-order valence-electron chi connectivity index (χ2n) is 10.1. The Morgan fingerprint density at radius 3 is 2.49 bits per heavy atom. The molecule has 1 fully saturated rings. The molecule has 190 valence electrons. The van der Waals surface area contributed by atoms with Crippen molar-refractivity contribution in [3.63, 3.8) is 0 Å². The number of aromatic amines is 1. The second kappa shape index (κ2) is 9.86. The van der Waals surface area contributed by atoms with Crippen molar-refractivity contribution in [2.75, 3.05) is 30.3 Å². The number of nitrogens with zero attached hydrogens (tertiary/aromatic N) is 5. The van der Waals surface area contributed by atoms with Crippen LogP contribution < -0.4 is 16.2 Å². The van der Waals surface area contributed by atoms with Gasteiger partial charge in [0.05, 0.1) is 22.6 Å². The molecule has 3 N–H and O–H groups in total. The predicted octanol–water partition coefficient (Wildman–Crippen LogP) is 4.06. The average Bonchev–Trinajstić information content (AvgIpc) is 3.26. The lowest BCUT2D eigenvalue weighted by Gasteiger charge is -2.32. The summed E-state index contributed by atoms with van der Waals surface area (Å²) in [6, 6.07) is 17.8. The second-order valence-corrected chi connectivity index (χ2v) is 10.1. The summed E-state index contributed by atoms with van der Waals surface area (Å²) in [5, 5.41) is 4.99. The SMILES string of the molecule is Cc1nn(-c2ccccc2)c(N2CCCCC2)c1CN1CCc2nc(-c3ccc(N)cc3)[nH]c(=O)c2C1. The molecule has 0 amide bonds. The first-order valence-corrected chi connectivity index (χ1v) is 13.2. The number of benzene rings is 2. The minimum absolute atomic E-state index is 0.0607. The molecule has 0 aliphatic carbocycles. The zero-order valence-corrected chi connectivity index (χ0v) is 21.3. The Balaban J connectivity index is 1.30. The van der Waals surface area contributed by atoms with Gasteiger partial charge in [-0.15, -0.1) is 0 Å². The molecular formula is C29H33N7O. The molecule has 0 saturated carbocycles. The van der Waals surface area contributed by atoms with Gasteiger partial charge in [-0.2, -0.15) is 5.10 Å². The van der Waals surface area contributed by atoms with Gasteiger partial charge in [0.25, 0.3) is 5.56 Å². The average molecular weight is 496 g/mol. The van der Waals surface area contributed by atoms with Crippen LogP contribution in [0.5, 0.6) is 0 Å². The van der Waals surface area contributed by atoms with Crippen LogP contribution in [0.1, 0.15) is 41.8 Å². The first-order chi connectivity index (χ1) is 18.1. The molecule has 2 aromatic heterocycles. The number of H-pyrrole nitrogens is 1. The number of nitrogens with one attached hydrogen (secondary N) is 1. The highest BCUT2D eigenvalue weighted by Gasteiger charge is 2.27. The minimum Gasteiger partial charge on any atom is -0.399 e. The summed E-state index contributed by atoms with van der Waals surface area (Å²) < 4.78 is 2.11. The normalized spacial score (nSPS) is 16.1. The van der Waals surface area contributed by atoms with Gasteiger partial charge >= 0.3 is 0 Å². The van der Waals surface area contributed by atoms with Crippen LogP contribution in [0, 0.1) is 6.92 Å². The van der Waals surface area contributed by atoms with E-state index < -0.39 is 0 Å². The van der Waals surface area contributed by atoms with Crippen molar-refractivity contribution >= 4 is 11.5 Å². The van der Waals surface area contributed by atoms with Gasteiger partial charge in [-0.1, -0.05) is 18.2 Å². The molecule has 8 heteroatoms. The lowest BCUT2D eigenvalue weighted by molar-refractivity contribution is 0.241. The molecule has 2 aliphatic heterocycles. The van der Waals surface area contributed by atoms with E-state index in [1.165, 1.54) is 30.6 Å². The van der Waals surface area contributed by atoms with Crippen LogP contribution in [0.3, 0.4) is 0 Å². The summed E-state index contributed by atoms with van der Waals surface area (Å²) in [5.41, 5.74) is 12.3. The van der Waals surface area contributed by atoms with E-state index in [1.807, 2.05) is 30.3 Å². The molecule has 0 unspecified atom stereocenters. The Bertz CT molecular complexity index is 1450. The number of aromatic nitrogens is 4. The van der Waals surface area contributed by atoms with Gasteiger partial charge in [0, 0.05) is 56.0 Å². The minimum atomic E-state index is -0.0607. The molecule has 2 aromatic carbocycles. The maximum atomic E-state index is 13.1. The van der Waals surface area contributed by atoms with Gasteiger partial charge in [-0.3, -0.25) is 9.69 Å². The summed E-state index contributed by atoms with van der Waals surface area (Å²) >= 11 is 0. The lowest BCUT2D eigenvalue weighted by atomic mass is 10.0. The Morgan fingerprint density at radius 1 is 0.973 bits per heavy atom. The fourth-order valence-corrected chi connectivity index (χ4v) is 5.53. The van der Waals surface area contributed by atoms with Gasteiger partial charge in [0.15, 0.2) is 0 Å². The maximum absolute atomic E-state index is 13.1. The molecule has 8 nitrogen and oxygen atoms in total. The zero-order chi connectivity index (χ0) is 25.4. The van der Waals surface area contributed by atoms with Crippen molar-refractivity contribution in [1.82, 2.24) is 24.6 Å². The van der Waals surface area contributed by atoms with Crippen molar-refractivity contribution in [3.8, 4) is 17.1 Å². The lowest BCUT2D eigenvalue weighted by Crippen LogP contribution is -2.36. The third-order valence-corrected chi connectivity index (χ3v) is 7.53. The van der Waals surface area contributed by atoms with Crippen LogP contribution in [0.2, 0.25) is 0 Å². The number of anilines is 2. The predicted molar refractivity (Wildman–Crippen MR) is 147 cm³/mol. The van der Waals surface area contributed by atoms with Gasteiger partial charge in [0.1, 0.15) is 11.6 Å². The first kappa shape index (κ1) is 23.5. The van der Waals surface area contributed by atoms with Crippen LogP contribution >= 0.6 is 0 Å². The highest BCUT2D eigenvalue weighted by molar-refractivity contribution is 5.59. The van der Waals surface area contributed by atoms with Gasteiger partial charge < -0.3 is 15.6 Å². The largest absolute Gasteiger partial charge is 0.399 e. The number of para-hydroxylation sites is 1. The Kier molecular flexibility index (Phi) is 6.26. The molecule has 6 rings (SSSR count). The van der Waals surface area contributed by atoms with E-state index in [9.17, 15) is 4.79 Å². The maximum Gasteiger partial charge on any atom is 0.255 e. The smallest absolute Gasteiger partial charge is 0.255 e. The van der Waals surface area contributed by atoms with Crippen LogP contribution in [-0.4, -0.2) is 44.3 Å².